The number of unbranched alkanes of at least 4 members (excludes halogenated alkanes) is 1. The fourth-order valence-corrected chi connectivity index (χ4v) is 6.52. The number of carbonyl (C=O) groups excluding carboxylic acids is 2. The highest BCUT2D eigenvalue weighted by molar-refractivity contribution is 7.92. The van der Waals surface area contributed by atoms with Crippen molar-refractivity contribution < 1.29 is 22.7 Å². The van der Waals surface area contributed by atoms with Gasteiger partial charge in [-0.3, -0.25) is 13.9 Å². The van der Waals surface area contributed by atoms with Gasteiger partial charge in [-0.25, -0.2) is 8.42 Å². The minimum Gasteiger partial charge on any atom is -0.457 e. The first kappa shape index (κ1) is 34.2. The fourth-order valence-electron chi connectivity index (χ4n) is 5.10. The number of nitrogens with zero attached hydrogens (tertiary/aromatic N) is 2. The molecule has 46 heavy (non-hydrogen) atoms. The highest BCUT2D eigenvalue weighted by atomic mass is 32.2. The van der Waals surface area contributed by atoms with E-state index in [-0.39, 0.29) is 17.3 Å². The van der Waals surface area contributed by atoms with Crippen LogP contribution < -0.4 is 14.4 Å². The van der Waals surface area contributed by atoms with Crippen LogP contribution >= 0.6 is 0 Å². The number of ether oxygens (including phenoxy) is 1. The lowest BCUT2D eigenvalue weighted by molar-refractivity contribution is -0.140. The van der Waals surface area contributed by atoms with Gasteiger partial charge in [-0.2, -0.15) is 0 Å². The molecule has 1 N–H and O–H groups in total. The molecule has 0 spiro atoms. The quantitative estimate of drug-likeness (QED) is 0.141. The first-order valence-corrected chi connectivity index (χ1v) is 17.1. The lowest BCUT2D eigenvalue weighted by atomic mass is 10.1. The van der Waals surface area contributed by atoms with Crippen molar-refractivity contribution in [2.45, 2.75) is 64.4 Å². The Hall–Kier alpha value is -4.63. The number of rotatable bonds is 15. The maximum absolute atomic E-state index is 14.3. The van der Waals surface area contributed by atoms with Crippen LogP contribution in [-0.2, 0) is 26.2 Å². The Labute approximate surface area is 273 Å². The van der Waals surface area contributed by atoms with E-state index in [4.69, 9.17) is 4.74 Å². The van der Waals surface area contributed by atoms with Gasteiger partial charge >= 0.3 is 0 Å². The van der Waals surface area contributed by atoms with E-state index in [2.05, 4.69) is 5.32 Å². The number of para-hydroxylation sites is 1. The molecular formula is C37H43N3O5S. The minimum atomic E-state index is -4.18. The molecule has 0 aliphatic carbocycles. The first-order chi connectivity index (χ1) is 22.1. The summed E-state index contributed by atoms with van der Waals surface area (Å²) in [4.78, 5) is 29.3. The number of hydrogen-bond donors (Lipinski definition) is 1. The number of amides is 2. The second kappa shape index (κ2) is 16.1. The zero-order valence-corrected chi connectivity index (χ0v) is 27.8. The van der Waals surface area contributed by atoms with E-state index < -0.39 is 28.5 Å². The van der Waals surface area contributed by atoms with E-state index in [9.17, 15) is 18.0 Å². The highest BCUT2D eigenvalue weighted by Gasteiger charge is 2.33. The third-order valence-electron chi connectivity index (χ3n) is 7.64. The van der Waals surface area contributed by atoms with Gasteiger partial charge in [0.15, 0.2) is 0 Å². The Morgan fingerprint density at radius 1 is 0.804 bits per heavy atom. The van der Waals surface area contributed by atoms with Crippen LogP contribution in [0, 0.1) is 13.8 Å². The van der Waals surface area contributed by atoms with Crippen molar-refractivity contribution in [2.24, 2.45) is 0 Å². The Bertz CT molecular complexity index is 1690. The zero-order chi connectivity index (χ0) is 33.1. The summed E-state index contributed by atoms with van der Waals surface area (Å²) in [6, 6.07) is 29.3. The van der Waals surface area contributed by atoms with Gasteiger partial charge in [0.25, 0.3) is 10.0 Å². The molecule has 4 aromatic carbocycles. The number of hydrogen-bond acceptors (Lipinski definition) is 5. The molecular weight excluding hydrogens is 598 g/mol. The van der Waals surface area contributed by atoms with Crippen molar-refractivity contribution >= 4 is 27.5 Å². The Morgan fingerprint density at radius 3 is 2.11 bits per heavy atom. The summed E-state index contributed by atoms with van der Waals surface area (Å²) in [6.45, 7) is 7.90. The molecule has 0 saturated carbocycles. The van der Waals surface area contributed by atoms with Crippen LogP contribution in [0.2, 0.25) is 0 Å². The van der Waals surface area contributed by atoms with Crippen LogP contribution in [-0.4, -0.2) is 44.3 Å². The van der Waals surface area contributed by atoms with E-state index in [1.54, 1.807) is 36.4 Å². The predicted molar refractivity (Wildman–Crippen MR) is 182 cm³/mol. The Morgan fingerprint density at radius 2 is 1.48 bits per heavy atom. The minimum absolute atomic E-state index is 0.0603. The van der Waals surface area contributed by atoms with Gasteiger partial charge in [0, 0.05) is 13.1 Å². The summed E-state index contributed by atoms with van der Waals surface area (Å²) in [5.74, 6) is 0.417. The molecule has 4 aromatic rings. The lowest BCUT2D eigenvalue weighted by Crippen LogP contribution is -2.52. The van der Waals surface area contributed by atoms with Crippen molar-refractivity contribution in [1.29, 1.82) is 0 Å². The van der Waals surface area contributed by atoms with E-state index in [0.29, 0.717) is 30.2 Å². The monoisotopic (exact) mass is 641 g/mol. The van der Waals surface area contributed by atoms with Gasteiger partial charge in [-0.1, -0.05) is 86.0 Å². The average Bonchev–Trinajstić information content (AvgIpc) is 3.04. The molecule has 0 bridgehead atoms. The maximum atomic E-state index is 14.3. The van der Waals surface area contributed by atoms with Crippen molar-refractivity contribution in [3.8, 4) is 11.5 Å². The summed E-state index contributed by atoms with van der Waals surface area (Å²) in [6.07, 6.45) is 2.11. The second-order valence-corrected chi connectivity index (χ2v) is 13.2. The van der Waals surface area contributed by atoms with Crippen LogP contribution in [0.1, 0.15) is 49.8 Å². The first-order valence-electron chi connectivity index (χ1n) is 15.7. The van der Waals surface area contributed by atoms with E-state index in [1.807, 2.05) is 82.3 Å². The normalized spacial score (nSPS) is 11.8. The number of benzene rings is 4. The fraction of sp³-hybridized carbons (Fsp3) is 0.297. The molecule has 0 saturated heterocycles. The molecule has 0 radical (unpaired) electrons. The molecule has 4 rings (SSSR count). The SMILES string of the molecule is CCCCNC(=O)C(CC)N(Cc1cccc(C)c1)C(=O)CN(c1ccc(Oc2ccccc2)cc1)S(=O)(=O)c1ccc(C)cc1. The molecule has 0 heterocycles. The molecule has 1 unspecified atom stereocenters. The summed E-state index contributed by atoms with van der Waals surface area (Å²) in [5.41, 5.74) is 3.08. The molecule has 2 amide bonds. The molecule has 0 fully saturated rings. The van der Waals surface area contributed by atoms with Crippen LogP contribution in [0.3, 0.4) is 0 Å². The summed E-state index contributed by atoms with van der Waals surface area (Å²) >= 11 is 0. The van der Waals surface area contributed by atoms with Gasteiger partial charge in [0.05, 0.1) is 10.6 Å². The van der Waals surface area contributed by atoms with Gasteiger partial charge in [0.2, 0.25) is 11.8 Å². The molecule has 242 valence electrons. The topological polar surface area (TPSA) is 96.0 Å². The number of aryl methyl sites for hydroxylation is 2. The average molecular weight is 642 g/mol. The van der Waals surface area contributed by atoms with Gasteiger partial charge < -0.3 is 15.0 Å². The summed E-state index contributed by atoms with van der Waals surface area (Å²) in [5, 5.41) is 2.96. The van der Waals surface area contributed by atoms with E-state index >= 15 is 0 Å². The number of anilines is 1. The van der Waals surface area contributed by atoms with Gasteiger partial charge in [0.1, 0.15) is 24.1 Å². The maximum Gasteiger partial charge on any atom is 0.264 e. The van der Waals surface area contributed by atoms with Gasteiger partial charge in [-0.15, -0.1) is 0 Å². The van der Waals surface area contributed by atoms with Crippen molar-refractivity contribution in [1.82, 2.24) is 10.2 Å². The van der Waals surface area contributed by atoms with Crippen LogP contribution in [0.5, 0.6) is 11.5 Å². The molecule has 0 aliphatic heterocycles. The predicted octanol–water partition coefficient (Wildman–Crippen LogP) is 7.01. The number of sulfonamides is 1. The molecule has 8 nitrogen and oxygen atoms in total. The highest BCUT2D eigenvalue weighted by Crippen LogP contribution is 2.29. The molecule has 9 heteroatoms. The van der Waals surface area contributed by atoms with Crippen LogP contribution in [0.4, 0.5) is 5.69 Å². The largest absolute Gasteiger partial charge is 0.457 e. The number of carbonyl (C=O) groups is 2. The summed E-state index contributed by atoms with van der Waals surface area (Å²) in [7, 11) is -4.18. The van der Waals surface area contributed by atoms with Crippen molar-refractivity contribution in [2.75, 3.05) is 17.4 Å². The lowest BCUT2D eigenvalue weighted by Gasteiger charge is -2.33. The van der Waals surface area contributed by atoms with E-state index in [1.165, 1.54) is 17.0 Å². The van der Waals surface area contributed by atoms with E-state index in [0.717, 1.165) is 33.8 Å². The number of nitrogens with one attached hydrogen (secondary N) is 1. The van der Waals surface area contributed by atoms with Gasteiger partial charge in [-0.05, 0) is 80.8 Å². The third-order valence-corrected chi connectivity index (χ3v) is 9.43. The smallest absolute Gasteiger partial charge is 0.264 e. The third kappa shape index (κ3) is 8.97. The van der Waals surface area contributed by atoms with Crippen molar-refractivity contribution in [3.05, 3.63) is 120 Å². The van der Waals surface area contributed by atoms with Crippen LogP contribution in [0.25, 0.3) is 0 Å². The second-order valence-electron chi connectivity index (χ2n) is 11.3. The molecule has 0 aromatic heterocycles. The standard InChI is InChI=1S/C37H43N3O5S/c1-5-7-24-38-37(42)35(6-2)39(26-30-13-11-12-29(4)25-30)36(41)27-40(46(43,44)34-22-16-28(3)17-23-34)31-18-20-33(21-19-31)45-32-14-9-8-10-15-32/h8-23,25,35H,5-7,24,26-27H2,1-4H3,(H,38,42). The molecule has 0 aliphatic rings. The Kier molecular flexibility index (Phi) is 12.0. The zero-order valence-electron chi connectivity index (χ0n) is 27.0. The Balaban J connectivity index is 1.71. The van der Waals surface area contributed by atoms with Crippen molar-refractivity contribution in [3.63, 3.8) is 0 Å². The molecule has 1 atom stereocenters. The van der Waals surface area contributed by atoms with Crippen LogP contribution in [0.15, 0.2) is 108 Å². The summed E-state index contributed by atoms with van der Waals surface area (Å²) < 4.78 is 35.4.